The highest BCUT2D eigenvalue weighted by Gasteiger charge is 2.22. The normalized spacial score (nSPS) is 12.5. The minimum atomic E-state index is -0.513. The van der Waals surface area contributed by atoms with Gasteiger partial charge in [-0.15, -0.1) is 10.2 Å². The standard InChI is InChI=1S/C23H26N6O5S/c1-14(24-20(30)13-16-5-11-19(34-4)12-6-16)21-26-27-23(28(21)3)35-15(2)22(31)25-17-7-9-18(10-8-17)29(32)33/h5-12,14-15H,13H2,1-4H3,(H,24,30)(H,25,31). The van der Waals surface area contributed by atoms with Gasteiger partial charge in [0.25, 0.3) is 5.69 Å². The molecular formula is C23H26N6O5S. The van der Waals surface area contributed by atoms with Crippen LogP contribution >= 0.6 is 11.8 Å². The smallest absolute Gasteiger partial charge is 0.269 e. The van der Waals surface area contributed by atoms with Gasteiger partial charge in [0.05, 0.1) is 29.7 Å². The predicted molar refractivity (Wildman–Crippen MR) is 131 cm³/mol. The Morgan fingerprint density at radius 2 is 1.77 bits per heavy atom. The lowest BCUT2D eigenvalue weighted by atomic mass is 10.1. The number of nitro groups is 1. The van der Waals surface area contributed by atoms with Crippen LogP contribution in [0.5, 0.6) is 5.75 Å². The van der Waals surface area contributed by atoms with Gasteiger partial charge >= 0.3 is 0 Å². The Morgan fingerprint density at radius 1 is 1.11 bits per heavy atom. The Kier molecular flexibility index (Phi) is 8.42. The minimum absolute atomic E-state index is 0.0535. The summed E-state index contributed by atoms with van der Waals surface area (Å²) in [6, 6.07) is 12.5. The molecule has 2 aromatic carbocycles. The molecule has 0 radical (unpaired) electrons. The molecule has 11 nitrogen and oxygen atoms in total. The molecule has 35 heavy (non-hydrogen) atoms. The maximum Gasteiger partial charge on any atom is 0.269 e. The molecule has 0 bridgehead atoms. The number of thioether (sulfide) groups is 1. The lowest BCUT2D eigenvalue weighted by Gasteiger charge is -2.15. The molecule has 0 saturated carbocycles. The van der Waals surface area contributed by atoms with Crippen molar-refractivity contribution in [2.45, 2.75) is 36.7 Å². The van der Waals surface area contributed by atoms with Crippen molar-refractivity contribution in [2.75, 3.05) is 12.4 Å². The third kappa shape index (κ3) is 6.79. The molecule has 0 spiro atoms. The molecule has 184 valence electrons. The van der Waals surface area contributed by atoms with Gasteiger partial charge in [-0.1, -0.05) is 23.9 Å². The number of anilines is 1. The average Bonchev–Trinajstić information content (AvgIpc) is 3.19. The molecule has 12 heteroatoms. The van der Waals surface area contributed by atoms with E-state index in [1.54, 1.807) is 37.8 Å². The number of benzene rings is 2. The molecule has 2 amide bonds. The molecule has 0 aliphatic heterocycles. The van der Waals surface area contributed by atoms with Gasteiger partial charge in [-0.05, 0) is 43.7 Å². The molecule has 2 N–H and O–H groups in total. The highest BCUT2D eigenvalue weighted by molar-refractivity contribution is 8.00. The first-order valence-corrected chi connectivity index (χ1v) is 11.6. The van der Waals surface area contributed by atoms with Crippen LogP contribution in [0.1, 0.15) is 31.3 Å². The first-order chi connectivity index (χ1) is 16.7. The van der Waals surface area contributed by atoms with Crippen molar-refractivity contribution in [1.82, 2.24) is 20.1 Å². The molecule has 2 unspecified atom stereocenters. The number of methoxy groups -OCH3 is 1. The summed E-state index contributed by atoms with van der Waals surface area (Å²) in [4.78, 5) is 35.3. The van der Waals surface area contributed by atoms with Gasteiger partial charge in [0.2, 0.25) is 11.8 Å². The van der Waals surface area contributed by atoms with Crippen LogP contribution in [-0.2, 0) is 23.1 Å². The molecule has 1 heterocycles. The fraction of sp³-hybridized carbons (Fsp3) is 0.304. The van der Waals surface area contributed by atoms with Gasteiger partial charge < -0.3 is 19.9 Å². The van der Waals surface area contributed by atoms with Crippen LogP contribution < -0.4 is 15.4 Å². The molecule has 3 rings (SSSR count). The number of carbonyl (C=O) groups excluding carboxylic acids is 2. The second-order valence-electron chi connectivity index (χ2n) is 7.77. The van der Waals surface area contributed by atoms with Gasteiger partial charge in [0.15, 0.2) is 11.0 Å². The molecule has 3 aromatic rings. The van der Waals surface area contributed by atoms with E-state index in [-0.39, 0.29) is 23.9 Å². The Bertz CT molecular complexity index is 1200. The van der Waals surface area contributed by atoms with Crippen molar-refractivity contribution in [3.05, 3.63) is 70.0 Å². The van der Waals surface area contributed by atoms with Crippen molar-refractivity contribution >= 4 is 35.0 Å². The van der Waals surface area contributed by atoms with E-state index in [1.807, 2.05) is 19.1 Å². The summed E-state index contributed by atoms with van der Waals surface area (Å²) in [5.41, 5.74) is 1.26. The number of nitrogens with one attached hydrogen (secondary N) is 2. The quantitative estimate of drug-likeness (QED) is 0.246. The van der Waals surface area contributed by atoms with E-state index in [4.69, 9.17) is 4.74 Å². The summed E-state index contributed by atoms with van der Waals surface area (Å²) in [6.07, 6.45) is 0.216. The summed E-state index contributed by atoms with van der Waals surface area (Å²) in [7, 11) is 3.35. The van der Waals surface area contributed by atoms with Crippen molar-refractivity contribution < 1.29 is 19.2 Å². The van der Waals surface area contributed by atoms with Crippen LogP contribution in [-0.4, -0.2) is 43.9 Å². The van der Waals surface area contributed by atoms with Gasteiger partial charge in [0, 0.05) is 24.9 Å². The van der Waals surface area contributed by atoms with Crippen LogP contribution in [0.4, 0.5) is 11.4 Å². The molecule has 1 aromatic heterocycles. The largest absolute Gasteiger partial charge is 0.497 e. The van der Waals surface area contributed by atoms with E-state index in [2.05, 4.69) is 20.8 Å². The SMILES string of the molecule is COc1ccc(CC(=O)NC(C)c2nnc(SC(C)C(=O)Nc3ccc([N+](=O)[O-])cc3)n2C)cc1. The fourth-order valence-electron chi connectivity index (χ4n) is 3.21. The summed E-state index contributed by atoms with van der Waals surface area (Å²) < 4.78 is 6.86. The van der Waals surface area contributed by atoms with Crippen LogP contribution in [0.2, 0.25) is 0 Å². The van der Waals surface area contributed by atoms with Gasteiger partial charge in [0.1, 0.15) is 5.75 Å². The second-order valence-corrected chi connectivity index (χ2v) is 9.08. The van der Waals surface area contributed by atoms with Crippen LogP contribution in [0.3, 0.4) is 0 Å². The number of non-ortho nitro benzene ring substituents is 1. The van der Waals surface area contributed by atoms with E-state index in [9.17, 15) is 19.7 Å². The summed E-state index contributed by atoms with van der Waals surface area (Å²) in [6.45, 7) is 3.54. The molecule has 0 aliphatic carbocycles. The second kappa shape index (κ2) is 11.5. The van der Waals surface area contributed by atoms with Gasteiger partial charge in [-0.2, -0.15) is 0 Å². The first kappa shape index (κ1) is 25.7. The first-order valence-electron chi connectivity index (χ1n) is 10.7. The van der Waals surface area contributed by atoms with Gasteiger partial charge in [-0.25, -0.2) is 0 Å². The number of hydrogen-bond acceptors (Lipinski definition) is 8. The Morgan fingerprint density at radius 3 is 2.37 bits per heavy atom. The molecular weight excluding hydrogens is 472 g/mol. The average molecular weight is 499 g/mol. The van der Waals surface area contributed by atoms with E-state index >= 15 is 0 Å². The molecule has 0 saturated heterocycles. The topological polar surface area (TPSA) is 141 Å². The third-order valence-electron chi connectivity index (χ3n) is 5.15. The molecule has 0 aliphatic rings. The number of nitrogens with zero attached hydrogens (tertiary/aromatic N) is 4. The number of ether oxygens (including phenoxy) is 1. The lowest BCUT2D eigenvalue weighted by Crippen LogP contribution is -2.29. The predicted octanol–water partition coefficient (Wildman–Crippen LogP) is 3.27. The van der Waals surface area contributed by atoms with E-state index in [0.29, 0.717) is 16.7 Å². The number of hydrogen-bond donors (Lipinski definition) is 2. The number of nitro benzene ring substituents is 1. The van der Waals surface area contributed by atoms with Crippen molar-refractivity contribution in [2.24, 2.45) is 7.05 Å². The highest BCUT2D eigenvalue weighted by Crippen LogP contribution is 2.25. The van der Waals surface area contributed by atoms with Crippen molar-refractivity contribution in [3.8, 4) is 5.75 Å². The van der Waals surface area contributed by atoms with Crippen LogP contribution in [0.25, 0.3) is 0 Å². The summed E-state index contributed by atoms with van der Waals surface area (Å²) in [5, 5.41) is 24.8. The maximum absolute atomic E-state index is 12.6. The van der Waals surface area contributed by atoms with E-state index < -0.39 is 16.2 Å². The third-order valence-corrected chi connectivity index (χ3v) is 6.29. The number of carbonyl (C=O) groups is 2. The number of rotatable bonds is 10. The highest BCUT2D eigenvalue weighted by atomic mass is 32.2. The number of amides is 2. The van der Waals surface area contributed by atoms with Crippen LogP contribution in [0.15, 0.2) is 53.7 Å². The Balaban J connectivity index is 1.56. The Hall–Kier alpha value is -3.93. The zero-order valence-corrected chi connectivity index (χ0v) is 20.5. The minimum Gasteiger partial charge on any atom is -0.497 e. The molecule has 0 fully saturated rings. The Labute approximate surface area is 206 Å². The zero-order valence-electron chi connectivity index (χ0n) is 19.7. The lowest BCUT2D eigenvalue weighted by molar-refractivity contribution is -0.384. The van der Waals surface area contributed by atoms with Crippen molar-refractivity contribution in [3.63, 3.8) is 0 Å². The fourth-order valence-corrected chi connectivity index (χ4v) is 4.04. The monoisotopic (exact) mass is 498 g/mol. The van der Waals surface area contributed by atoms with Gasteiger partial charge in [-0.3, -0.25) is 19.7 Å². The van der Waals surface area contributed by atoms with Crippen molar-refractivity contribution in [1.29, 1.82) is 0 Å². The van der Waals surface area contributed by atoms with E-state index in [1.165, 1.54) is 36.0 Å². The molecule has 2 atom stereocenters. The summed E-state index contributed by atoms with van der Waals surface area (Å²) in [5.74, 6) is 0.839. The van der Waals surface area contributed by atoms with E-state index in [0.717, 1.165) is 11.3 Å². The maximum atomic E-state index is 12.6. The van der Waals surface area contributed by atoms with Crippen LogP contribution in [0, 0.1) is 10.1 Å². The zero-order chi connectivity index (χ0) is 25.5. The summed E-state index contributed by atoms with van der Waals surface area (Å²) >= 11 is 1.21. The number of aromatic nitrogens is 3.